The van der Waals surface area contributed by atoms with Crippen molar-refractivity contribution < 1.29 is 19.4 Å². The molecule has 0 saturated carbocycles. The van der Waals surface area contributed by atoms with E-state index in [-0.39, 0.29) is 12.4 Å². The number of aryl methyl sites for hydroxylation is 2. The Morgan fingerprint density at radius 1 is 1.33 bits per heavy atom. The van der Waals surface area contributed by atoms with Crippen LogP contribution >= 0.6 is 0 Å². The van der Waals surface area contributed by atoms with E-state index in [0.29, 0.717) is 13.2 Å². The van der Waals surface area contributed by atoms with Gasteiger partial charge in [0.05, 0.1) is 26.2 Å². The first-order chi connectivity index (χ1) is 9.99. The third kappa shape index (κ3) is 5.46. The van der Waals surface area contributed by atoms with Gasteiger partial charge in [0.1, 0.15) is 0 Å². The number of carbonyl (C=O) groups is 1. The number of benzene rings is 1. The van der Waals surface area contributed by atoms with Crippen LogP contribution in [0.1, 0.15) is 29.2 Å². The van der Waals surface area contributed by atoms with E-state index in [0.717, 1.165) is 16.7 Å². The Hall–Kier alpha value is -1.43. The summed E-state index contributed by atoms with van der Waals surface area (Å²) < 4.78 is 9.70. The van der Waals surface area contributed by atoms with Gasteiger partial charge in [-0.15, -0.1) is 0 Å². The lowest BCUT2D eigenvalue weighted by molar-refractivity contribution is -0.142. The Kier molecular flexibility index (Phi) is 7.36. The summed E-state index contributed by atoms with van der Waals surface area (Å²) in [6, 6.07) is 5.51. The van der Waals surface area contributed by atoms with Gasteiger partial charge in [-0.3, -0.25) is 4.79 Å². The second-order valence-corrected chi connectivity index (χ2v) is 5.14. The fourth-order valence-electron chi connectivity index (χ4n) is 2.20. The molecule has 5 nitrogen and oxygen atoms in total. The molecule has 2 atom stereocenters. The summed E-state index contributed by atoms with van der Waals surface area (Å²) in [5.74, 6) is -0.353. The lowest BCUT2D eigenvalue weighted by Gasteiger charge is -2.25. The lowest BCUT2D eigenvalue weighted by atomic mass is 9.94. The summed E-state index contributed by atoms with van der Waals surface area (Å²) in [5, 5.41) is 13.8. The van der Waals surface area contributed by atoms with Crippen molar-refractivity contribution in [3.8, 4) is 0 Å². The Morgan fingerprint density at radius 3 is 2.67 bits per heavy atom. The van der Waals surface area contributed by atoms with Crippen LogP contribution in [0.15, 0.2) is 18.2 Å². The molecular formula is C16H25NO4. The molecular weight excluding hydrogens is 270 g/mol. The number of hydrogen-bond acceptors (Lipinski definition) is 5. The predicted molar refractivity (Wildman–Crippen MR) is 81.2 cm³/mol. The third-order valence-corrected chi connectivity index (χ3v) is 3.46. The second-order valence-electron chi connectivity index (χ2n) is 5.14. The summed E-state index contributed by atoms with van der Waals surface area (Å²) in [6.45, 7) is 4.99. The zero-order valence-electron chi connectivity index (χ0n) is 13.2. The van der Waals surface area contributed by atoms with Gasteiger partial charge in [-0.25, -0.2) is 0 Å². The molecule has 0 spiro atoms. The second kappa shape index (κ2) is 8.77. The van der Waals surface area contributed by atoms with Gasteiger partial charge >= 0.3 is 5.97 Å². The molecule has 1 rings (SSSR count). The third-order valence-electron chi connectivity index (χ3n) is 3.46. The molecule has 0 aliphatic carbocycles. The molecule has 2 N–H and O–H groups in total. The number of methoxy groups -OCH3 is 2. The molecule has 0 heterocycles. The molecule has 0 amide bonds. The zero-order valence-corrected chi connectivity index (χ0v) is 13.2. The standard InChI is InChI=1S/C16H25NO4/c1-11-5-6-12(2)13(9-11)16(19)14(10-15(18)21-4)17-7-8-20-3/h5-6,9,14,16-17,19H,7-8,10H2,1-4H3. The highest BCUT2D eigenvalue weighted by molar-refractivity contribution is 5.70. The van der Waals surface area contributed by atoms with Crippen LogP contribution in [0.5, 0.6) is 0 Å². The SMILES string of the molecule is COCCNC(CC(=O)OC)C(O)c1cc(C)ccc1C. The van der Waals surface area contributed by atoms with Crippen LogP contribution < -0.4 is 5.32 Å². The van der Waals surface area contributed by atoms with Crippen molar-refractivity contribution in [1.29, 1.82) is 0 Å². The normalized spacial score (nSPS) is 13.8. The van der Waals surface area contributed by atoms with Crippen molar-refractivity contribution in [1.82, 2.24) is 5.32 Å². The summed E-state index contributed by atoms with van der Waals surface area (Å²) in [6.07, 6.45) is -0.671. The van der Waals surface area contributed by atoms with Crippen LogP contribution in [0.3, 0.4) is 0 Å². The monoisotopic (exact) mass is 295 g/mol. The van der Waals surface area contributed by atoms with Crippen LogP contribution in [0, 0.1) is 13.8 Å². The Labute approximate surface area is 126 Å². The van der Waals surface area contributed by atoms with E-state index in [1.807, 2.05) is 32.0 Å². The van der Waals surface area contributed by atoms with Gasteiger partial charge in [0, 0.05) is 19.7 Å². The maximum Gasteiger partial charge on any atom is 0.307 e. The van der Waals surface area contributed by atoms with Crippen molar-refractivity contribution in [3.05, 3.63) is 34.9 Å². The minimum absolute atomic E-state index is 0.106. The van der Waals surface area contributed by atoms with Crippen LogP contribution in [0.2, 0.25) is 0 Å². The number of esters is 1. The first-order valence-corrected chi connectivity index (χ1v) is 7.04. The maximum absolute atomic E-state index is 11.5. The van der Waals surface area contributed by atoms with Crippen molar-refractivity contribution >= 4 is 5.97 Å². The molecule has 1 aromatic rings. The summed E-state index contributed by atoms with van der Waals surface area (Å²) in [4.78, 5) is 11.5. The van der Waals surface area contributed by atoms with Crippen LogP contribution in [0.4, 0.5) is 0 Å². The van der Waals surface area contributed by atoms with Gasteiger partial charge < -0.3 is 19.9 Å². The average molecular weight is 295 g/mol. The highest BCUT2D eigenvalue weighted by atomic mass is 16.5. The van der Waals surface area contributed by atoms with Gasteiger partial charge in [-0.1, -0.05) is 23.8 Å². The first kappa shape index (κ1) is 17.6. The molecule has 5 heteroatoms. The predicted octanol–water partition coefficient (Wildman–Crippen LogP) is 1.50. The number of rotatable bonds is 8. The van der Waals surface area contributed by atoms with Crippen LogP contribution in [-0.4, -0.2) is 44.5 Å². The topological polar surface area (TPSA) is 67.8 Å². The Bertz CT molecular complexity index is 462. The highest BCUT2D eigenvalue weighted by Crippen LogP contribution is 2.24. The van der Waals surface area contributed by atoms with E-state index in [4.69, 9.17) is 9.47 Å². The van der Waals surface area contributed by atoms with Gasteiger partial charge in [0.25, 0.3) is 0 Å². The van der Waals surface area contributed by atoms with Crippen LogP contribution in [-0.2, 0) is 14.3 Å². The van der Waals surface area contributed by atoms with E-state index in [9.17, 15) is 9.90 Å². The fraction of sp³-hybridized carbons (Fsp3) is 0.562. The lowest BCUT2D eigenvalue weighted by Crippen LogP contribution is -2.39. The highest BCUT2D eigenvalue weighted by Gasteiger charge is 2.25. The fourth-order valence-corrected chi connectivity index (χ4v) is 2.20. The number of aliphatic hydroxyl groups is 1. The van der Waals surface area contributed by atoms with Crippen LogP contribution in [0.25, 0.3) is 0 Å². The quantitative estimate of drug-likeness (QED) is 0.562. The molecule has 0 fully saturated rings. The van der Waals surface area contributed by atoms with E-state index < -0.39 is 12.1 Å². The molecule has 2 unspecified atom stereocenters. The summed E-state index contributed by atoms with van der Waals surface area (Å²) in [7, 11) is 2.96. The van der Waals surface area contributed by atoms with E-state index >= 15 is 0 Å². The zero-order chi connectivity index (χ0) is 15.8. The summed E-state index contributed by atoms with van der Waals surface area (Å²) >= 11 is 0. The molecule has 118 valence electrons. The number of ether oxygens (including phenoxy) is 2. The molecule has 0 aromatic heterocycles. The van der Waals surface area contributed by atoms with Gasteiger partial charge in [0.15, 0.2) is 0 Å². The van der Waals surface area contributed by atoms with E-state index in [1.54, 1.807) is 7.11 Å². The minimum Gasteiger partial charge on any atom is -0.469 e. The number of carbonyl (C=O) groups excluding carboxylic acids is 1. The van der Waals surface area contributed by atoms with Crippen molar-refractivity contribution in [2.75, 3.05) is 27.4 Å². The number of aliphatic hydroxyl groups excluding tert-OH is 1. The first-order valence-electron chi connectivity index (χ1n) is 7.04. The molecule has 21 heavy (non-hydrogen) atoms. The molecule has 0 saturated heterocycles. The van der Waals surface area contributed by atoms with E-state index in [2.05, 4.69) is 5.32 Å². The van der Waals surface area contributed by atoms with Crippen molar-refractivity contribution in [2.45, 2.75) is 32.4 Å². The average Bonchev–Trinajstić information content (AvgIpc) is 2.48. The van der Waals surface area contributed by atoms with Gasteiger partial charge in [-0.05, 0) is 25.0 Å². The largest absolute Gasteiger partial charge is 0.469 e. The molecule has 0 aliphatic rings. The molecule has 0 aliphatic heterocycles. The smallest absolute Gasteiger partial charge is 0.307 e. The molecule has 1 aromatic carbocycles. The molecule has 0 radical (unpaired) electrons. The number of hydrogen-bond donors (Lipinski definition) is 2. The van der Waals surface area contributed by atoms with Crippen molar-refractivity contribution in [2.24, 2.45) is 0 Å². The minimum atomic E-state index is -0.777. The van der Waals surface area contributed by atoms with Crippen molar-refractivity contribution in [3.63, 3.8) is 0 Å². The maximum atomic E-state index is 11.5. The van der Waals surface area contributed by atoms with E-state index in [1.165, 1.54) is 7.11 Å². The molecule has 0 bridgehead atoms. The Balaban J connectivity index is 2.88. The Morgan fingerprint density at radius 2 is 2.05 bits per heavy atom. The van der Waals surface area contributed by atoms with Gasteiger partial charge in [0.2, 0.25) is 0 Å². The number of nitrogens with one attached hydrogen (secondary N) is 1. The summed E-state index contributed by atoms with van der Waals surface area (Å²) in [5.41, 5.74) is 2.90. The van der Waals surface area contributed by atoms with Gasteiger partial charge in [-0.2, -0.15) is 0 Å².